The number of hydrogen-bond acceptors (Lipinski definition) is 14. The number of carbonyl (C=O) groups excluding carboxylic acids is 2. The van der Waals surface area contributed by atoms with Crippen LogP contribution < -0.4 is 69.3 Å². The van der Waals surface area contributed by atoms with E-state index in [1.54, 1.807) is 53.7 Å². The Balaban J connectivity index is 0.00000468. The molecule has 0 unspecified atom stereocenters. The Morgan fingerprint density at radius 3 is 1.19 bits per heavy atom. The molecule has 16 heteroatoms. The van der Waals surface area contributed by atoms with Gasteiger partial charge in [-0.1, -0.05) is 39.8 Å². The van der Waals surface area contributed by atoms with E-state index in [0.717, 1.165) is 12.4 Å². The van der Waals surface area contributed by atoms with Crippen LogP contribution in [0.2, 0.25) is 0 Å². The molecule has 12 nitrogen and oxygen atoms in total. The minimum absolute atomic E-state index is 0. The van der Waals surface area contributed by atoms with Crippen molar-refractivity contribution in [2.45, 2.75) is 65.5 Å². The zero-order valence-corrected chi connectivity index (χ0v) is 35.9. The third-order valence-corrected chi connectivity index (χ3v) is 9.34. The number of aryl methyl sites for hydroxylation is 2. The van der Waals surface area contributed by atoms with Gasteiger partial charge in [-0.05, 0) is 47.6 Å². The van der Waals surface area contributed by atoms with Crippen LogP contribution in [0.4, 0.5) is 0 Å². The van der Waals surface area contributed by atoms with E-state index in [0.29, 0.717) is 21.9 Å². The van der Waals surface area contributed by atoms with Gasteiger partial charge in [-0.3, -0.25) is 9.98 Å². The van der Waals surface area contributed by atoms with E-state index >= 15 is 0 Å². The first-order valence-electron chi connectivity index (χ1n) is 15.6. The van der Waals surface area contributed by atoms with Crippen molar-refractivity contribution in [3.05, 3.63) is 45.5 Å². The molecule has 0 amide bonds. The summed E-state index contributed by atoms with van der Waals surface area (Å²) in [4.78, 5) is 31.1. The summed E-state index contributed by atoms with van der Waals surface area (Å²) < 4.78 is 0. The number of nitrogens with zero attached hydrogens (tertiary/aromatic N) is 2. The maximum Gasteiger partial charge on any atom is 1.00 e. The molecule has 2 atom stereocenters. The molecule has 0 aliphatic carbocycles. The minimum Gasteiger partial charge on any atom is -0.548 e. The van der Waals surface area contributed by atoms with Crippen LogP contribution in [0.25, 0.3) is 32.7 Å². The summed E-state index contributed by atoms with van der Waals surface area (Å²) in [5.74, 6) is -7.49. The van der Waals surface area contributed by atoms with Crippen molar-refractivity contribution in [3.8, 4) is 45.6 Å². The van der Waals surface area contributed by atoms with Crippen molar-refractivity contribution in [1.82, 2.24) is 0 Å². The van der Waals surface area contributed by atoms with Crippen molar-refractivity contribution >= 4 is 71.2 Å². The normalized spacial score (nSPS) is 12.9. The van der Waals surface area contributed by atoms with Crippen LogP contribution in [-0.2, 0) is 9.59 Å². The predicted molar refractivity (Wildman–Crippen MR) is 195 cm³/mol. The number of benzene rings is 4. The molecule has 0 fully saturated rings. The quantitative estimate of drug-likeness (QED) is 0.0353. The van der Waals surface area contributed by atoms with Crippen molar-refractivity contribution in [2.24, 2.45) is 9.98 Å². The standard InChI is InChI=1S/C36H40N2O10S2.2Na/c1-13(2)23-17-7-15(5)25(31(41)27(17)19(29(39)33(23)43)9-37-21(11-49)35(45)46)26-16(6)8-18-24(14(3)4)34(44)30(40)20(28(18)32(26)42)10-38-22(12-50)36(47)48;;/h7-10,13-14,21-22,39-44,49-50H,11-12H2,1-6H3,(H,45,46)(H,47,48);;/q;2*+1/p-2/t21-,22-;;/m0../s1. The molecule has 4 rings (SSSR count). The van der Waals surface area contributed by atoms with Crippen molar-refractivity contribution in [3.63, 3.8) is 0 Å². The van der Waals surface area contributed by atoms with Gasteiger partial charge in [-0.15, -0.1) is 0 Å². The van der Waals surface area contributed by atoms with Crippen LogP contribution in [0, 0.1) is 13.8 Å². The summed E-state index contributed by atoms with van der Waals surface area (Å²) in [5, 5.41) is 92.5. The summed E-state index contributed by atoms with van der Waals surface area (Å²) in [6.45, 7) is 10.4. The van der Waals surface area contributed by atoms with Crippen molar-refractivity contribution in [2.75, 3.05) is 11.5 Å². The second-order valence-corrected chi connectivity index (χ2v) is 13.4. The first-order chi connectivity index (χ1) is 23.4. The molecule has 52 heavy (non-hydrogen) atoms. The smallest absolute Gasteiger partial charge is 0.548 e. The monoisotopic (exact) mass is 768 g/mol. The van der Waals surface area contributed by atoms with Gasteiger partial charge in [0.25, 0.3) is 0 Å². The van der Waals surface area contributed by atoms with E-state index in [1.807, 2.05) is 0 Å². The third-order valence-electron chi connectivity index (χ3n) is 8.65. The second-order valence-electron chi connectivity index (χ2n) is 12.6. The van der Waals surface area contributed by atoms with Gasteiger partial charge < -0.3 is 50.4 Å². The molecule has 6 N–H and O–H groups in total. The average molecular weight is 769 g/mol. The van der Waals surface area contributed by atoms with Crippen LogP contribution in [0.1, 0.15) is 72.9 Å². The van der Waals surface area contributed by atoms with E-state index in [9.17, 15) is 50.4 Å². The fourth-order valence-corrected chi connectivity index (χ4v) is 6.80. The number of aromatic hydroxyl groups is 6. The van der Waals surface area contributed by atoms with Gasteiger partial charge >= 0.3 is 59.1 Å². The number of carbonyl (C=O) groups is 2. The predicted octanol–water partition coefficient (Wildman–Crippen LogP) is -2.30. The molecule has 0 aliphatic rings. The van der Waals surface area contributed by atoms with Crippen LogP contribution >= 0.6 is 25.3 Å². The van der Waals surface area contributed by atoms with Crippen LogP contribution in [0.15, 0.2) is 22.1 Å². The van der Waals surface area contributed by atoms with Gasteiger partial charge in [0.15, 0.2) is 23.0 Å². The molecule has 4 aromatic carbocycles. The molecule has 0 aromatic heterocycles. The van der Waals surface area contributed by atoms with Crippen LogP contribution in [0.3, 0.4) is 0 Å². The Kier molecular flexibility index (Phi) is 15.7. The maximum absolute atomic E-state index is 12.1. The number of aliphatic carboxylic acids is 2. The molecule has 0 aliphatic heterocycles. The third kappa shape index (κ3) is 8.14. The number of thiol groups is 2. The first-order valence-corrected chi connectivity index (χ1v) is 16.9. The van der Waals surface area contributed by atoms with Gasteiger partial charge in [-0.2, -0.15) is 25.3 Å². The SMILES string of the molecule is Cc1cc2c(C(C)C)c(O)c(O)c(C=N[C@@H](CS)C(=O)[O-])c2c(O)c1-c1c(C)cc2c(C(C)C)c(O)c(O)c(C=N[C@@H](CS)C(=O)[O-])c2c1O.[Na+].[Na+]. The molecule has 0 bridgehead atoms. The van der Waals surface area contributed by atoms with Crippen molar-refractivity contribution < 1.29 is 110 Å². The zero-order valence-electron chi connectivity index (χ0n) is 30.1. The van der Waals surface area contributed by atoms with Crippen molar-refractivity contribution in [1.29, 1.82) is 0 Å². The summed E-state index contributed by atoms with van der Waals surface area (Å²) >= 11 is 7.99. The Morgan fingerprint density at radius 1 is 0.635 bits per heavy atom. The Hall–Kier alpha value is -2.82. The number of carboxylic acid groups (broad SMARTS) is 2. The maximum atomic E-state index is 12.1. The van der Waals surface area contributed by atoms with E-state index < -0.39 is 58.5 Å². The molecule has 0 spiro atoms. The molecule has 0 saturated carbocycles. The summed E-state index contributed by atoms with van der Waals surface area (Å²) in [7, 11) is 0. The average Bonchev–Trinajstić information content (AvgIpc) is 3.02. The molecular formula is C36H38N2Na2O10S2. The molecular weight excluding hydrogens is 731 g/mol. The summed E-state index contributed by atoms with van der Waals surface area (Å²) in [6, 6.07) is 0.442. The fourth-order valence-electron chi connectivity index (χ4n) is 6.32. The van der Waals surface area contributed by atoms with Gasteiger partial charge in [0.2, 0.25) is 0 Å². The summed E-state index contributed by atoms with van der Waals surface area (Å²) in [6.07, 6.45) is 2.01. The Labute approximate surface area is 355 Å². The first kappa shape index (κ1) is 45.3. The van der Waals surface area contributed by atoms with Gasteiger partial charge in [0.05, 0.1) is 24.0 Å². The number of phenols is 6. The minimum atomic E-state index is -1.53. The number of hydrogen-bond donors (Lipinski definition) is 8. The van der Waals surface area contributed by atoms with Crippen LogP contribution in [0.5, 0.6) is 34.5 Å². The number of aliphatic imine (C=N–C) groups is 2. The molecule has 0 heterocycles. The fraction of sp³-hybridized carbons (Fsp3) is 0.333. The zero-order chi connectivity index (χ0) is 37.5. The van der Waals surface area contributed by atoms with E-state index in [-0.39, 0.29) is 127 Å². The van der Waals surface area contributed by atoms with E-state index in [4.69, 9.17) is 0 Å². The number of rotatable bonds is 11. The number of carboxylic acids is 2. The Morgan fingerprint density at radius 2 is 0.942 bits per heavy atom. The Bertz CT molecular complexity index is 1970. The molecule has 0 saturated heterocycles. The number of fused-ring (bicyclic) bond motifs is 2. The summed E-state index contributed by atoms with van der Waals surface area (Å²) in [5.41, 5.74) is 1.17. The van der Waals surface area contributed by atoms with E-state index in [2.05, 4.69) is 35.2 Å². The largest absolute Gasteiger partial charge is 1.00 e. The number of phenolic OH excluding ortho intramolecular Hbond substituents is 6. The second kappa shape index (κ2) is 18.0. The van der Waals surface area contributed by atoms with Gasteiger partial charge in [0, 0.05) is 68.1 Å². The topological polar surface area (TPSA) is 226 Å². The van der Waals surface area contributed by atoms with Gasteiger partial charge in [-0.25, -0.2) is 0 Å². The molecule has 266 valence electrons. The molecule has 4 aromatic rings. The van der Waals surface area contributed by atoms with Crippen LogP contribution in [-0.4, -0.2) is 78.6 Å². The van der Waals surface area contributed by atoms with Gasteiger partial charge in [0.1, 0.15) is 11.5 Å². The molecule has 0 radical (unpaired) electrons. The van der Waals surface area contributed by atoms with E-state index in [1.165, 1.54) is 0 Å².